The van der Waals surface area contributed by atoms with Crippen molar-refractivity contribution in [2.24, 2.45) is 5.73 Å². The van der Waals surface area contributed by atoms with Crippen LogP contribution < -0.4 is 15.2 Å². The molecule has 4 nitrogen and oxygen atoms in total. The molecule has 5 heteroatoms. The molecule has 0 aliphatic heterocycles. The first-order valence-corrected chi connectivity index (χ1v) is 6.80. The van der Waals surface area contributed by atoms with Crippen LogP contribution in [0.4, 0.5) is 0 Å². The molecule has 0 saturated carbocycles. The Bertz CT molecular complexity index is 383. The van der Waals surface area contributed by atoms with Gasteiger partial charge in [-0.15, -0.1) is 0 Å². The molecule has 1 aromatic rings. The van der Waals surface area contributed by atoms with Crippen LogP contribution in [0.5, 0.6) is 11.5 Å². The molecule has 0 heterocycles. The molecule has 0 fully saturated rings. The summed E-state index contributed by atoms with van der Waals surface area (Å²) in [6, 6.07) is 3.90. The molecule has 102 valence electrons. The number of nitrogens with zero attached hydrogens (tertiary/aromatic N) is 1. The maximum atomic E-state index is 5.78. The van der Waals surface area contributed by atoms with E-state index in [4.69, 9.17) is 15.2 Å². The van der Waals surface area contributed by atoms with E-state index >= 15 is 0 Å². The van der Waals surface area contributed by atoms with Crippen molar-refractivity contribution in [1.82, 2.24) is 4.90 Å². The number of nitrogens with two attached hydrogens (primary N) is 1. The van der Waals surface area contributed by atoms with E-state index in [0.29, 0.717) is 19.8 Å². The Balaban J connectivity index is 2.86. The van der Waals surface area contributed by atoms with Crippen molar-refractivity contribution < 1.29 is 9.47 Å². The molecule has 0 atom stereocenters. The van der Waals surface area contributed by atoms with Crippen molar-refractivity contribution in [3.63, 3.8) is 0 Å². The topological polar surface area (TPSA) is 47.7 Å². The van der Waals surface area contributed by atoms with Crippen molar-refractivity contribution in [1.29, 1.82) is 0 Å². The molecule has 1 aromatic carbocycles. The van der Waals surface area contributed by atoms with Gasteiger partial charge in [0.05, 0.1) is 11.1 Å². The van der Waals surface area contributed by atoms with E-state index < -0.39 is 0 Å². The molecule has 0 unspecified atom stereocenters. The number of benzene rings is 1. The predicted octanol–water partition coefficient (Wildman–Crippen LogP) is 2.25. The zero-order valence-electron chi connectivity index (χ0n) is 11.2. The monoisotopic (exact) mass is 316 g/mol. The van der Waals surface area contributed by atoms with Crippen molar-refractivity contribution in [3.05, 3.63) is 22.2 Å². The summed E-state index contributed by atoms with van der Waals surface area (Å²) >= 11 is 3.50. The fourth-order valence-electron chi connectivity index (χ4n) is 1.47. The zero-order valence-corrected chi connectivity index (χ0v) is 12.8. The van der Waals surface area contributed by atoms with Gasteiger partial charge in [0.2, 0.25) is 0 Å². The third-order valence-corrected chi connectivity index (χ3v) is 2.98. The van der Waals surface area contributed by atoms with Crippen LogP contribution in [0.2, 0.25) is 0 Å². The van der Waals surface area contributed by atoms with Gasteiger partial charge < -0.3 is 20.1 Å². The van der Waals surface area contributed by atoms with Gasteiger partial charge in [-0.2, -0.15) is 0 Å². The summed E-state index contributed by atoms with van der Waals surface area (Å²) in [5.41, 5.74) is 6.67. The Kier molecular flexibility index (Phi) is 6.46. The van der Waals surface area contributed by atoms with Gasteiger partial charge in [0.15, 0.2) is 11.5 Å². The standard InChI is InChI=1S/C13H21BrN2O2/c1-4-17-12-8-10(9-15)7-11(14)13(12)18-6-5-16(2)3/h7-8H,4-6,9,15H2,1-3H3. The third kappa shape index (κ3) is 4.48. The first kappa shape index (κ1) is 15.3. The van der Waals surface area contributed by atoms with Crippen LogP contribution in [-0.4, -0.2) is 38.8 Å². The van der Waals surface area contributed by atoms with Crippen molar-refractivity contribution in [2.75, 3.05) is 33.9 Å². The van der Waals surface area contributed by atoms with E-state index in [0.717, 1.165) is 28.1 Å². The van der Waals surface area contributed by atoms with Crippen LogP contribution in [0, 0.1) is 0 Å². The maximum absolute atomic E-state index is 5.78. The Labute approximate surface area is 117 Å². The van der Waals surface area contributed by atoms with Gasteiger partial charge in [0.25, 0.3) is 0 Å². The summed E-state index contributed by atoms with van der Waals surface area (Å²) in [7, 11) is 4.03. The highest BCUT2D eigenvalue weighted by Gasteiger charge is 2.11. The third-order valence-electron chi connectivity index (χ3n) is 2.39. The zero-order chi connectivity index (χ0) is 13.5. The summed E-state index contributed by atoms with van der Waals surface area (Å²) in [5, 5.41) is 0. The van der Waals surface area contributed by atoms with E-state index in [2.05, 4.69) is 20.8 Å². The molecule has 2 N–H and O–H groups in total. The largest absolute Gasteiger partial charge is 0.490 e. The Morgan fingerprint density at radius 2 is 2.00 bits per heavy atom. The lowest BCUT2D eigenvalue weighted by atomic mass is 10.2. The highest BCUT2D eigenvalue weighted by Crippen LogP contribution is 2.36. The minimum Gasteiger partial charge on any atom is -0.490 e. The summed E-state index contributed by atoms with van der Waals surface area (Å²) < 4.78 is 12.3. The lowest BCUT2D eigenvalue weighted by molar-refractivity contribution is 0.242. The minimum atomic E-state index is 0.483. The van der Waals surface area contributed by atoms with Crippen molar-refractivity contribution in [2.45, 2.75) is 13.5 Å². The fourth-order valence-corrected chi connectivity index (χ4v) is 2.08. The Morgan fingerprint density at radius 3 is 2.56 bits per heavy atom. The average molecular weight is 317 g/mol. The van der Waals surface area contributed by atoms with Crippen LogP contribution in [0.25, 0.3) is 0 Å². The van der Waals surface area contributed by atoms with Crippen LogP contribution in [0.1, 0.15) is 12.5 Å². The van der Waals surface area contributed by atoms with Crippen LogP contribution in [0.3, 0.4) is 0 Å². The smallest absolute Gasteiger partial charge is 0.175 e. The molecule has 1 rings (SSSR count). The van der Waals surface area contributed by atoms with Gasteiger partial charge in [-0.3, -0.25) is 0 Å². The number of rotatable bonds is 7. The van der Waals surface area contributed by atoms with E-state index in [1.807, 2.05) is 33.2 Å². The molecule has 0 amide bonds. The summed E-state index contributed by atoms with van der Waals surface area (Å²) in [5.74, 6) is 1.49. The molecular weight excluding hydrogens is 296 g/mol. The highest BCUT2D eigenvalue weighted by molar-refractivity contribution is 9.10. The van der Waals surface area contributed by atoms with Gasteiger partial charge in [0.1, 0.15) is 6.61 Å². The first-order valence-electron chi connectivity index (χ1n) is 6.01. The van der Waals surface area contributed by atoms with Crippen molar-refractivity contribution in [3.8, 4) is 11.5 Å². The number of halogens is 1. The first-order chi connectivity index (χ1) is 8.58. The summed E-state index contributed by atoms with van der Waals surface area (Å²) in [4.78, 5) is 2.07. The Hall–Kier alpha value is -0.780. The van der Waals surface area contributed by atoms with Gasteiger partial charge in [0, 0.05) is 13.1 Å². The molecule has 0 aliphatic rings. The highest BCUT2D eigenvalue weighted by atomic mass is 79.9. The summed E-state index contributed by atoms with van der Waals surface area (Å²) in [6.07, 6.45) is 0. The average Bonchev–Trinajstić information content (AvgIpc) is 2.32. The minimum absolute atomic E-state index is 0.483. The van der Waals surface area contributed by atoms with Crippen molar-refractivity contribution >= 4 is 15.9 Å². The SMILES string of the molecule is CCOc1cc(CN)cc(Br)c1OCCN(C)C. The molecule has 0 aromatic heterocycles. The number of hydrogen-bond acceptors (Lipinski definition) is 4. The van der Waals surface area contributed by atoms with E-state index in [9.17, 15) is 0 Å². The lowest BCUT2D eigenvalue weighted by Crippen LogP contribution is -2.19. The normalized spacial score (nSPS) is 10.8. The number of hydrogen-bond donors (Lipinski definition) is 1. The molecular formula is C13H21BrN2O2. The van der Waals surface area contributed by atoms with Crippen LogP contribution >= 0.6 is 15.9 Å². The molecule has 0 spiro atoms. The molecule has 0 saturated heterocycles. The molecule has 0 radical (unpaired) electrons. The van der Waals surface area contributed by atoms with E-state index in [-0.39, 0.29) is 0 Å². The predicted molar refractivity (Wildman–Crippen MR) is 77.3 cm³/mol. The quantitative estimate of drug-likeness (QED) is 0.838. The van der Waals surface area contributed by atoms with E-state index in [1.54, 1.807) is 0 Å². The van der Waals surface area contributed by atoms with Gasteiger partial charge in [-0.1, -0.05) is 0 Å². The second kappa shape index (κ2) is 7.61. The van der Waals surface area contributed by atoms with Gasteiger partial charge in [-0.05, 0) is 54.6 Å². The molecule has 18 heavy (non-hydrogen) atoms. The molecule has 0 aliphatic carbocycles. The second-order valence-corrected chi connectivity index (χ2v) is 5.05. The maximum Gasteiger partial charge on any atom is 0.175 e. The van der Waals surface area contributed by atoms with Gasteiger partial charge in [-0.25, -0.2) is 0 Å². The lowest BCUT2D eigenvalue weighted by Gasteiger charge is -2.16. The Morgan fingerprint density at radius 1 is 1.28 bits per heavy atom. The second-order valence-electron chi connectivity index (χ2n) is 4.19. The number of likely N-dealkylation sites (N-methyl/N-ethyl adjacent to an activating group) is 1. The molecule has 0 bridgehead atoms. The van der Waals surface area contributed by atoms with E-state index in [1.165, 1.54) is 0 Å². The van der Waals surface area contributed by atoms with Crippen LogP contribution in [0.15, 0.2) is 16.6 Å². The summed E-state index contributed by atoms with van der Waals surface area (Å²) in [6.45, 7) is 4.51. The fraction of sp³-hybridized carbons (Fsp3) is 0.538. The number of ether oxygens (including phenoxy) is 2. The van der Waals surface area contributed by atoms with Crippen LogP contribution in [-0.2, 0) is 6.54 Å². The van der Waals surface area contributed by atoms with Gasteiger partial charge >= 0.3 is 0 Å².